The SMILES string of the molecule is COc1c(Cl)cc(C(=O)c2c(C)c(C#N)c(=O)n(Cc3ccc(F)cc3)c2O)cc1Cl. The predicted octanol–water partition coefficient (Wildman–Crippen LogP) is 4.47. The third kappa shape index (κ3) is 4.13. The van der Waals surface area contributed by atoms with Gasteiger partial charge in [-0.05, 0) is 42.3 Å². The standard InChI is InChI=1S/C22H15Cl2FN2O4/c1-11-15(9-26)21(29)27(10-12-3-5-14(25)6-4-12)22(30)18(11)19(28)13-7-16(23)20(31-2)17(24)8-13/h3-8,30H,10H2,1-2H3. The quantitative estimate of drug-likeness (QED) is 0.567. The number of aromatic nitrogens is 1. The third-order valence-electron chi connectivity index (χ3n) is 4.75. The molecular weight excluding hydrogens is 446 g/mol. The smallest absolute Gasteiger partial charge is 0.271 e. The van der Waals surface area contributed by atoms with Gasteiger partial charge in [0.25, 0.3) is 5.56 Å². The highest BCUT2D eigenvalue weighted by Crippen LogP contribution is 2.35. The van der Waals surface area contributed by atoms with Gasteiger partial charge in [-0.15, -0.1) is 0 Å². The summed E-state index contributed by atoms with van der Waals surface area (Å²) in [6.07, 6.45) is 0. The van der Waals surface area contributed by atoms with Crippen LogP contribution in [-0.2, 0) is 6.54 Å². The summed E-state index contributed by atoms with van der Waals surface area (Å²) >= 11 is 12.2. The third-order valence-corrected chi connectivity index (χ3v) is 5.31. The fourth-order valence-electron chi connectivity index (χ4n) is 3.17. The number of hydrogen-bond acceptors (Lipinski definition) is 5. The van der Waals surface area contributed by atoms with E-state index in [0.29, 0.717) is 5.56 Å². The van der Waals surface area contributed by atoms with Crippen molar-refractivity contribution >= 4 is 29.0 Å². The predicted molar refractivity (Wildman–Crippen MR) is 114 cm³/mol. The molecule has 6 nitrogen and oxygen atoms in total. The first-order valence-corrected chi connectivity index (χ1v) is 9.63. The fraction of sp³-hybridized carbons (Fsp3) is 0.136. The average molecular weight is 461 g/mol. The van der Waals surface area contributed by atoms with Crippen LogP contribution in [0.1, 0.15) is 32.6 Å². The molecule has 1 heterocycles. The molecule has 0 amide bonds. The number of rotatable bonds is 5. The van der Waals surface area contributed by atoms with E-state index in [9.17, 15) is 24.3 Å². The molecule has 158 valence electrons. The van der Waals surface area contributed by atoms with E-state index < -0.39 is 23.0 Å². The maximum atomic E-state index is 13.2. The molecule has 3 aromatic rings. The molecule has 0 aliphatic heterocycles. The number of nitrogens with zero attached hydrogens (tertiary/aromatic N) is 2. The summed E-state index contributed by atoms with van der Waals surface area (Å²) in [4.78, 5) is 26.0. The second-order valence-electron chi connectivity index (χ2n) is 6.63. The number of ketones is 1. The van der Waals surface area contributed by atoms with Crippen LogP contribution in [0.5, 0.6) is 11.6 Å². The Hall–Kier alpha value is -3.34. The molecule has 1 N–H and O–H groups in total. The van der Waals surface area contributed by atoms with Crippen LogP contribution in [0.4, 0.5) is 4.39 Å². The Bertz CT molecular complexity index is 1270. The first-order valence-electron chi connectivity index (χ1n) is 8.88. The molecule has 0 saturated carbocycles. The summed E-state index contributed by atoms with van der Waals surface area (Å²) in [5.41, 5.74) is -0.771. The van der Waals surface area contributed by atoms with Gasteiger partial charge in [0.1, 0.15) is 17.4 Å². The summed E-state index contributed by atoms with van der Waals surface area (Å²) in [7, 11) is 1.37. The van der Waals surface area contributed by atoms with Crippen molar-refractivity contribution < 1.29 is 19.0 Å². The minimum Gasteiger partial charge on any atom is -0.494 e. The summed E-state index contributed by atoms with van der Waals surface area (Å²) < 4.78 is 19.2. The number of hydrogen-bond donors (Lipinski definition) is 1. The fourth-order valence-corrected chi connectivity index (χ4v) is 3.81. The molecule has 9 heteroatoms. The number of aromatic hydroxyl groups is 1. The topological polar surface area (TPSA) is 92.3 Å². The Labute approximate surface area is 186 Å². The van der Waals surface area contributed by atoms with Gasteiger partial charge in [-0.2, -0.15) is 5.26 Å². The van der Waals surface area contributed by atoms with Crippen LogP contribution < -0.4 is 10.3 Å². The Morgan fingerprint density at radius 2 is 1.81 bits per heavy atom. The Balaban J connectivity index is 2.21. The summed E-state index contributed by atoms with van der Waals surface area (Å²) in [6.45, 7) is 1.21. The first kappa shape index (κ1) is 22.3. The van der Waals surface area contributed by atoms with Crippen LogP contribution >= 0.6 is 23.2 Å². The van der Waals surface area contributed by atoms with Crippen molar-refractivity contribution in [2.75, 3.05) is 7.11 Å². The Morgan fingerprint density at radius 3 is 2.32 bits per heavy atom. The summed E-state index contributed by atoms with van der Waals surface area (Å²) in [5.74, 6) is -1.60. The zero-order chi connectivity index (χ0) is 22.9. The van der Waals surface area contributed by atoms with Gasteiger partial charge >= 0.3 is 0 Å². The van der Waals surface area contributed by atoms with Crippen LogP contribution in [0, 0.1) is 24.1 Å². The number of benzene rings is 2. The molecule has 2 aromatic carbocycles. The van der Waals surface area contributed by atoms with Crippen LogP contribution in [0.3, 0.4) is 0 Å². The lowest BCUT2D eigenvalue weighted by molar-refractivity contribution is 0.103. The van der Waals surface area contributed by atoms with E-state index in [-0.39, 0.29) is 44.6 Å². The molecule has 0 radical (unpaired) electrons. The molecule has 0 aliphatic carbocycles. The normalized spacial score (nSPS) is 10.6. The van der Waals surface area contributed by atoms with Gasteiger partial charge in [0.15, 0.2) is 11.5 Å². The summed E-state index contributed by atoms with van der Waals surface area (Å²) in [5, 5.41) is 20.5. The number of carbonyl (C=O) groups excluding carboxylic acids is 1. The highest BCUT2D eigenvalue weighted by molar-refractivity contribution is 6.38. The average Bonchev–Trinajstić information content (AvgIpc) is 2.72. The number of ether oxygens (including phenoxy) is 1. The lowest BCUT2D eigenvalue weighted by atomic mass is 9.97. The number of nitriles is 1. The van der Waals surface area contributed by atoms with Gasteiger partial charge in [0.05, 0.1) is 29.3 Å². The Morgan fingerprint density at radius 1 is 1.23 bits per heavy atom. The first-order chi connectivity index (χ1) is 14.7. The molecule has 1 aromatic heterocycles. The lowest BCUT2D eigenvalue weighted by Crippen LogP contribution is -2.27. The van der Waals surface area contributed by atoms with Gasteiger partial charge < -0.3 is 9.84 Å². The van der Waals surface area contributed by atoms with E-state index >= 15 is 0 Å². The molecular formula is C22H15Cl2FN2O4. The Kier molecular flexibility index (Phi) is 6.34. The van der Waals surface area contributed by atoms with Gasteiger partial charge in [-0.3, -0.25) is 14.2 Å². The van der Waals surface area contributed by atoms with E-state index in [4.69, 9.17) is 27.9 Å². The van der Waals surface area contributed by atoms with Crippen molar-refractivity contribution in [3.8, 4) is 17.7 Å². The van der Waals surface area contributed by atoms with E-state index in [1.165, 1.54) is 50.4 Å². The van der Waals surface area contributed by atoms with Gasteiger partial charge in [-0.25, -0.2) is 4.39 Å². The summed E-state index contributed by atoms with van der Waals surface area (Å²) in [6, 6.07) is 9.67. The second-order valence-corrected chi connectivity index (χ2v) is 7.44. The second kappa shape index (κ2) is 8.80. The number of halogens is 3. The number of pyridine rings is 1. The molecule has 0 saturated heterocycles. The van der Waals surface area contributed by atoms with Gasteiger partial charge in [0, 0.05) is 5.56 Å². The van der Waals surface area contributed by atoms with E-state index in [1.807, 2.05) is 0 Å². The number of carbonyl (C=O) groups is 1. The van der Waals surface area contributed by atoms with Gasteiger partial charge in [0.2, 0.25) is 5.88 Å². The monoisotopic (exact) mass is 460 g/mol. The van der Waals surface area contributed by atoms with E-state index in [1.54, 1.807) is 6.07 Å². The van der Waals surface area contributed by atoms with Crippen molar-refractivity contribution in [1.82, 2.24) is 4.57 Å². The molecule has 0 bridgehead atoms. The molecule has 0 unspecified atom stereocenters. The molecule has 0 atom stereocenters. The zero-order valence-corrected chi connectivity index (χ0v) is 17.9. The minimum atomic E-state index is -0.774. The van der Waals surface area contributed by atoms with Crippen LogP contribution in [0.25, 0.3) is 0 Å². The zero-order valence-electron chi connectivity index (χ0n) is 16.4. The van der Waals surface area contributed by atoms with Crippen molar-refractivity contribution in [3.63, 3.8) is 0 Å². The van der Waals surface area contributed by atoms with Crippen molar-refractivity contribution in [2.24, 2.45) is 0 Å². The molecule has 0 fully saturated rings. The highest BCUT2D eigenvalue weighted by atomic mass is 35.5. The molecule has 31 heavy (non-hydrogen) atoms. The van der Waals surface area contributed by atoms with E-state index in [0.717, 1.165) is 4.57 Å². The van der Waals surface area contributed by atoms with Crippen LogP contribution in [-0.4, -0.2) is 22.6 Å². The van der Waals surface area contributed by atoms with E-state index in [2.05, 4.69) is 0 Å². The lowest BCUT2D eigenvalue weighted by Gasteiger charge is -2.16. The van der Waals surface area contributed by atoms with Crippen molar-refractivity contribution in [2.45, 2.75) is 13.5 Å². The molecule has 0 aliphatic rings. The largest absolute Gasteiger partial charge is 0.494 e. The van der Waals surface area contributed by atoms with Crippen molar-refractivity contribution in [1.29, 1.82) is 5.26 Å². The highest BCUT2D eigenvalue weighted by Gasteiger charge is 2.26. The number of methoxy groups -OCH3 is 1. The van der Waals surface area contributed by atoms with Crippen molar-refractivity contribution in [3.05, 3.63) is 90.4 Å². The van der Waals surface area contributed by atoms with Crippen LogP contribution in [0.15, 0.2) is 41.2 Å². The molecule has 0 spiro atoms. The minimum absolute atomic E-state index is 0.0217. The van der Waals surface area contributed by atoms with Gasteiger partial charge in [-0.1, -0.05) is 35.3 Å². The van der Waals surface area contributed by atoms with Crippen LogP contribution in [0.2, 0.25) is 10.0 Å². The molecule has 3 rings (SSSR count). The maximum Gasteiger partial charge on any atom is 0.271 e. The maximum absolute atomic E-state index is 13.2.